The van der Waals surface area contributed by atoms with Crippen molar-refractivity contribution in [3.8, 4) is 33.9 Å². The number of aryl methyl sites for hydroxylation is 2. The highest BCUT2D eigenvalue weighted by Gasteiger charge is 2.18. The molecular formula is C40H36N2. The van der Waals surface area contributed by atoms with Gasteiger partial charge in [0, 0.05) is 22.1 Å². The highest BCUT2D eigenvalue weighted by molar-refractivity contribution is 6.02. The molecule has 0 fully saturated rings. The van der Waals surface area contributed by atoms with Crippen LogP contribution < -0.4 is 0 Å². The van der Waals surface area contributed by atoms with Gasteiger partial charge in [0.25, 0.3) is 0 Å². The van der Waals surface area contributed by atoms with Gasteiger partial charge in [-0.3, -0.25) is 0 Å². The predicted octanol–water partition coefficient (Wildman–Crippen LogP) is 10.8. The van der Waals surface area contributed by atoms with Crippen LogP contribution in [0, 0.1) is 0 Å². The van der Waals surface area contributed by atoms with E-state index >= 15 is 0 Å². The summed E-state index contributed by atoms with van der Waals surface area (Å²) in [5.74, 6) is 0. The average molecular weight is 545 g/mol. The average Bonchev–Trinajstić information content (AvgIpc) is 3.60. The monoisotopic (exact) mass is 544 g/mol. The third-order valence-corrected chi connectivity index (χ3v) is 8.33. The van der Waals surface area contributed by atoms with E-state index in [9.17, 15) is 0 Å². The molecule has 0 saturated heterocycles. The van der Waals surface area contributed by atoms with Crippen LogP contribution in [-0.4, -0.2) is 9.13 Å². The van der Waals surface area contributed by atoms with E-state index in [0.29, 0.717) is 0 Å². The fraction of sp³-hybridized carbons (Fsp3) is 0.150. The minimum Gasteiger partial charge on any atom is -0.309 e. The number of benzene rings is 5. The third kappa shape index (κ3) is 4.73. The SMILES string of the molecule is CCCc1ccc(-n2c(-c3ccccc3)cc3cc4c(cc(-c5ccccc5)n4-c4ccc(CCC)cc4)cc32)cc1. The Hall–Kier alpha value is -4.82. The van der Waals surface area contributed by atoms with Gasteiger partial charge in [-0.2, -0.15) is 0 Å². The highest BCUT2D eigenvalue weighted by atomic mass is 15.0. The smallest absolute Gasteiger partial charge is 0.0542 e. The molecule has 2 nitrogen and oxygen atoms in total. The normalized spacial score (nSPS) is 11.5. The Bertz CT molecular complexity index is 1810. The maximum Gasteiger partial charge on any atom is 0.0542 e. The molecule has 2 heteroatoms. The van der Waals surface area contributed by atoms with Gasteiger partial charge >= 0.3 is 0 Å². The minimum atomic E-state index is 1.11. The van der Waals surface area contributed by atoms with Crippen molar-refractivity contribution in [1.29, 1.82) is 0 Å². The number of hydrogen-bond donors (Lipinski definition) is 0. The zero-order chi connectivity index (χ0) is 28.5. The Morgan fingerprint density at radius 1 is 0.429 bits per heavy atom. The highest BCUT2D eigenvalue weighted by Crippen LogP contribution is 2.38. The molecule has 42 heavy (non-hydrogen) atoms. The maximum absolute atomic E-state index is 2.43. The molecule has 0 unspecified atom stereocenters. The van der Waals surface area contributed by atoms with Crippen molar-refractivity contribution in [2.24, 2.45) is 0 Å². The van der Waals surface area contributed by atoms with Crippen molar-refractivity contribution in [2.45, 2.75) is 39.5 Å². The van der Waals surface area contributed by atoms with Crippen LogP contribution in [0.1, 0.15) is 37.8 Å². The van der Waals surface area contributed by atoms with Crippen molar-refractivity contribution in [2.75, 3.05) is 0 Å². The van der Waals surface area contributed by atoms with Crippen LogP contribution in [0.15, 0.2) is 133 Å². The molecule has 2 aromatic heterocycles. The Labute approximate surface area is 248 Å². The van der Waals surface area contributed by atoms with E-state index in [1.54, 1.807) is 0 Å². The minimum absolute atomic E-state index is 1.11. The molecule has 0 N–H and O–H groups in total. The lowest BCUT2D eigenvalue weighted by atomic mass is 10.1. The van der Waals surface area contributed by atoms with Gasteiger partial charge < -0.3 is 9.13 Å². The first kappa shape index (κ1) is 26.1. The molecule has 0 radical (unpaired) electrons. The molecule has 206 valence electrons. The molecule has 2 heterocycles. The van der Waals surface area contributed by atoms with Crippen molar-refractivity contribution in [1.82, 2.24) is 9.13 Å². The first-order valence-corrected chi connectivity index (χ1v) is 15.2. The predicted molar refractivity (Wildman–Crippen MR) is 179 cm³/mol. The van der Waals surface area contributed by atoms with Gasteiger partial charge in [-0.15, -0.1) is 0 Å². The lowest BCUT2D eigenvalue weighted by Gasteiger charge is -2.13. The number of hydrogen-bond acceptors (Lipinski definition) is 0. The molecule has 0 aliphatic rings. The topological polar surface area (TPSA) is 9.86 Å². The number of nitrogens with zero attached hydrogens (tertiary/aromatic N) is 2. The van der Waals surface area contributed by atoms with Gasteiger partial charge in [0.2, 0.25) is 0 Å². The summed E-state index contributed by atoms with van der Waals surface area (Å²) in [5.41, 5.74) is 12.5. The molecule has 0 bridgehead atoms. The Morgan fingerprint density at radius 2 is 0.810 bits per heavy atom. The summed E-state index contributed by atoms with van der Waals surface area (Å²) >= 11 is 0. The molecule has 0 aliphatic carbocycles. The summed E-state index contributed by atoms with van der Waals surface area (Å²) in [6.45, 7) is 4.48. The van der Waals surface area contributed by atoms with Crippen molar-refractivity contribution in [3.63, 3.8) is 0 Å². The molecule has 0 atom stereocenters. The standard InChI is InChI=1S/C40H36N2/c1-3-11-29-17-21-35(22-18-29)41-37(31-13-7-5-8-14-31)25-33-28-40-34(27-39(33)41)26-38(32-15-9-6-10-16-32)42(40)36-23-19-30(12-4-2)20-24-36/h5-10,13-28H,3-4,11-12H2,1-2H3. The Balaban J connectivity index is 1.48. The third-order valence-electron chi connectivity index (χ3n) is 8.33. The van der Waals surface area contributed by atoms with Gasteiger partial charge in [0.05, 0.1) is 22.4 Å². The molecular weight excluding hydrogens is 508 g/mol. The Morgan fingerprint density at radius 3 is 1.17 bits per heavy atom. The quantitative estimate of drug-likeness (QED) is 0.180. The van der Waals surface area contributed by atoms with E-state index in [-0.39, 0.29) is 0 Å². The molecule has 0 amide bonds. The van der Waals surface area contributed by atoms with Crippen LogP contribution >= 0.6 is 0 Å². The molecule has 0 saturated carbocycles. The second-order valence-corrected chi connectivity index (χ2v) is 11.3. The summed E-state index contributed by atoms with van der Waals surface area (Å²) in [6, 6.07) is 49.2. The van der Waals surface area contributed by atoms with Gasteiger partial charge in [0.1, 0.15) is 0 Å². The Kier molecular flexibility index (Phi) is 6.97. The van der Waals surface area contributed by atoms with E-state index in [4.69, 9.17) is 0 Å². The van der Waals surface area contributed by atoms with E-state index in [1.165, 1.54) is 66.8 Å². The lowest BCUT2D eigenvalue weighted by Crippen LogP contribution is -1.98. The van der Waals surface area contributed by atoms with E-state index < -0.39 is 0 Å². The van der Waals surface area contributed by atoms with E-state index in [0.717, 1.165) is 25.7 Å². The lowest BCUT2D eigenvalue weighted by molar-refractivity contribution is 0.920. The van der Waals surface area contributed by atoms with Crippen LogP contribution in [-0.2, 0) is 12.8 Å². The summed E-state index contributed by atoms with van der Waals surface area (Å²) in [5, 5.41) is 2.47. The van der Waals surface area contributed by atoms with Gasteiger partial charge in [-0.1, -0.05) is 112 Å². The fourth-order valence-electron chi connectivity index (χ4n) is 6.31. The molecule has 7 aromatic rings. The van der Waals surface area contributed by atoms with Crippen molar-refractivity contribution in [3.05, 3.63) is 145 Å². The molecule has 0 spiro atoms. The van der Waals surface area contributed by atoms with Crippen LogP contribution in [0.25, 0.3) is 55.7 Å². The summed E-state index contributed by atoms with van der Waals surface area (Å²) in [4.78, 5) is 0. The van der Waals surface area contributed by atoms with E-state index in [2.05, 4.69) is 156 Å². The second-order valence-electron chi connectivity index (χ2n) is 11.3. The second kappa shape index (κ2) is 11.2. The fourth-order valence-corrected chi connectivity index (χ4v) is 6.31. The van der Waals surface area contributed by atoms with E-state index in [1.807, 2.05) is 0 Å². The number of aromatic nitrogens is 2. The van der Waals surface area contributed by atoms with Crippen molar-refractivity contribution >= 4 is 21.8 Å². The van der Waals surface area contributed by atoms with Gasteiger partial charge in [-0.25, -0.2) is 0 Å². The van der Waals surface area contributed by atoms with Crippen LogP contribution in [0.5, 0.6) is 0 Å². The maximum atomic E-state index is 2.43. The summed E-state index contributed by atoms with van der Waals surface area (Å²) in [7, 11) is 0. The van der Waals surface area contributed by atoms with Crippen LogP contribution in [0.2, 0.25) is 0 Å². The zero-order valence-corrected chi connectivity index (χ0v) is 24.4. The summed E-state index contributed by atoms with van der Waals surface area (Å²) < 4.78 is 4.86. The van der Waals surface area contributed by atoms with Gasteiger partial charge in [-0.05, 0) is 83.6 Å². The molecule has 5 aromatic carbocycles. The zero-order valence-electron chi connectivity index (χ0n) is 24.4. The molecule has 0 aliphatic heterocycles. The van der Waals surface area contributed by atoms with Crippen molar-refractivity contribution < 1.29 is 0 Å². The van der Waals surface area contributed by atoms with Gasteiger partial charge in [0.15, 0.2) is 0 Å². The number of fused-ring (bicyclic) bond motifs is 2. The van der Waals surface area contributed by atoms with Crippen LogP contribution in [0.4, 0.5) is 0 Å². The summed E-state index contributed by atoms with van der Waals surface area (Å²) in [6.07, 6.45) is 4.52. The first-order valence-electron chi connectivity index (χ1n) is 15.2. The number of rotatable bonds is 8. The molecule has 7 rings (SSSR count). The largest absolute Gasteiger partial charge is 0.309 e. The van der Waals surface area contributed by atoms with Crippen LogP contribution in [0.3, 0.4) is 0 Å². The first-order chi connectivity index (χ1) is 20.7.